The van der Waals surface area contributed by atoms with E-state index in [1.807, 2.05) is 7.05 Å². The quantitative estimate of drug-likeness (QED) is 0.804. The molecule has 0 heterocycles. The molecule has 1 aromatic rings. The van der Waals surface area contributed by atoms with Gasteiger partial charge in [0.25, 0.3) is 0 Å². The third-order valence-electron chi connectivity index (χ3n) is 2.80. The average Bonchev–Trinajstić information content (AvgIpc) is 3.12. The normalized spacial score (nSPS) is 15.7. The molecule has 2 N–H and O–H groups in total. The Bertz CT molecular complexity index is 524. The summed E-state index contributed by atoms with van der Waals surface area (Å²) in [4.78, 5) is 0.205. The van der Waals surface area contributed by atoms with Crippen molar-refractivity contribution in [3.8, 4) is 5.75 Å². The summed E-state index contributed by atoms with van der Waals surface area (Å²) >= 11 is 0. The Morgan fingerprint density at radius 2 is 2.11 bits per heavy atom. The predicted octanol–water partition coefficient (Wildman–Crippen LogP) is 0.855. The Kier molecular flexibility index (Phi) is 3.89. The second-order valence-corrected chi connectivity index (χ2v) is 6.09. The number of hydrogen-bond donors (Lipinski definition) is 2. The first kappa shape index (κ1) is 13.3. The van der Waals surface area contributed by atoms with Gasteiger partial charge in [0.15, 0.2) is 0 Å². The van der Waals surface area contributed by atoms with Crippen LogP contribution < -0.4 is 14.8 Å². The summed E-state index contributed by atoms with van der Waals surface area (Å²) < 4.78 is 32.1. The van der Waals surface area contributed by atoms with Gasteiger partial charge >= 0.3 is 0 Å². The molecule has 1 saturated carbocycles. The van der Waals surface area contributed by atoms with E-state index in [0.29, 0.717) is 12.3 Å². The smallest absolute Gasteiger partial charge is 0.244 e. The highest BCUT2D eigenvalue weighted by Crippen LogP contribution is 2.28. The Hall–Kier alpha value is -1.11. The fourth-order valence-corrected chi connectivity index (χ4v) is 3.19. The van der Waals surface area contributed by atoms with Gasteiger partial charge in [-0.2, -0.15) is 0 Å². The molecule has 1 fully saturated rings. The van der Waals surface area contributed by atoms with E-state index in [9.17, 15) is 8.42 Å². The van der Waals surface area contributed by atoms with Gasteiger partial charge in [-0.15, -0.1) is 0 Å². The number of hydrogen-bond acceptors (Lipinski definition) is 4. The number of methoxy groups -OCH3 is 1. The van der Waals surface area contributed by atoms with Crippen LogP contribution in [-0.2, 0) is 16.6 Å². The van der Waals surface area contributed by atoms with Crippen molar-refractivity contribution in [3.05, 3.63) is 23.8 Å². The molecule has 1 aromatic carbocycles. The Labute approximate surface area is 108 Å². The van der Waals surface area contributed by atoms with Crippen LogP contribution in [0.3, 0.4) is 0 Å². The summed E-state index contributed by atoms with van der Waals surface area (Å²) in [7, 11) is -0.147. The molecule has 6 heteroatoms. The number of ether oxygens (including phenoxy) is 1. The first-order chi connectivity index (χ1) is 8.56. The maximum Gasteiger partial charge on any atom is 0.244 e. The van der Waals surface area contributed by atoms with Crippen LogP contribution >= 0.6 is 0 Å². The topological polar surface area (TPSA) is 67.4 Å². The summed E-state index contributed by atoms with van der Waals surface area (Å²) in [5.41, 5.74) is 0.986. The maximum absolute atomic E-state index is 12.1. The van der Waals surface area contributed by atoms with Gasteiger partial charge < -0.3 is 10.1 Å². The van der Waals surface area contributed by atoms with Crippen molar-refractivity contribution in [2.24, 2.45) is 0 Å². The molecule has 0 saturated heterocycles. The summed E-state index contributed by atoms with van der Waals surface area (Å²) in [5.74, 6) is 0.385. The van der Waals surface area contributed by atoms with E-state index in [2.05, 4.69) is 10.0 Å². The third kappa shape index (κ3) is 3.01. The van der Waals surface area contributed by atoms with Gasteiger partial charge in [-0.3, -0.25) is 0 Å². The van der Waals surface area contributed by atoms with Crippen molar-refractivity contribution >= 4 is 10.0 Å². The van der Waals surface area contributed by atoms with Crippen LogP contribution in [-0.4, -0.2) is 28.6 Å². The summed E-state index contributed by atoms with van der Waals surface area (Å²) in [5, 5.41) is 3.02. The van der Waals surface area contributed by atoms with Crippen molar-refractivity contribution in [1.82, 2.24) is 10.0 Å². The first-order valence-corrected chi connectivity index (χ1v) is 7.39. The molecule has 0 unspecified atom stereocenters. The van der Waals surface area contributed by atoms with E-state index in [4.69, 9.17) is 4.74 Å². The molecular weight excluding hydrogens is 252 g/mol. The van der Waals surface area contributed by atoms with Crippen LogP contribution in [0.2, 0.25) is 0 Å². The molecule has 0 bridgehead atoms. The zero-order valence-electron chi connectivity index (χ0n) is 10.6. The molecule has 0 aliphatic heterocycles. The zero-order chi connectivity index (χ0) is 13.2. The lowest BCUT2D eigenvalue weighted by Gasteiger charge is -2.11. The molecule has 100 valence electrons. The fourth-order valence-electron chi connectivity index (χ4n) is 1.73. The lowest BCUT2D eigenvalue weighted by atomic mass is 10.2. The lowest BCUT2D eigenvalue weighted by Crippen LogP contribution is -2.26. The standard InChI is InChI=1S/C12H18N2O3S/c1-13-8-9-3-6-12(11(7-9)17-2)18(15,16)14-10-4-5-10/h3,6-7,10,13-14H,4-5,8H2,1-2H3. The van der Waals surface area contributed by atoms with E-state index < -0.39 is 10.0 Å². The van der Waals surface area contributed by atoms with Gasteiger partial charge in [0.05, 0.1) is 7.11 Å². The highest BCUT2D eigenvalue weighted by molar-refractivity contribution is 7.89. The van der Waals surface area contributed by atoms with Gasteiger partial charge in [0.2, 0.25) is 10.0 Å². The molecular formula is C12H18N2O3S. The summed E-state index contributed by atoms with van der Waals surface area (Å²) in [6.45, 7) is 0.673. The molecule has 18 heavy (non-hydrogen) atoms. The van der Waals surface area contributed by atoms with Gasteiger partial charge in [-0.25, -0.2) is 13.1 Å². The largest absolute Gasteiger partial charge is 0.495 e. The van der Waals surface area contributed by atoms with Gasteiger partial charge in [-0.05, 0) is 37.6 Å². The summed E-state index contributed by atoms with van der Waals surface area (Å²) in [6, 6.07) is 5.23. The highest BCUT2D eigenvalue weighted by Gasteiger charge is 2.29. The molecule has 1 aliphatic rings. The first-order valence-electron chi connectivity index (χ1n) is 5.90. The van der Waals surface area contributed by atoms with E-state index in [0.717, 1.165) is 18.4 Å². The van der Waals surface area contributed by atoms with E-state index in [1.165, 1.54) is 7.11 Å². The number of nitrogens with one attached hydrogen (secondary N) is 2. The van der Waals surface area contributed by atoms with Crippen molar-refractivity contribution in [2.45, 2.75) is 30.3 Å². The molecule has 0 radical (unpaired) electrons. The second-order valence-electron chi connectivity index (χ2n) is 4.41. The van der Waals surface area contributed by atoms with Gasteiger partial charge in [0, 0.05) is 12.6 Å². The lowest BCUT2D eigenvalue weighted by molar-refractivity contribution is 0.401. The van der Waals surface area contributed by atoms with Crippen molar-refractivity contribution in [3.63, 3.8) is 0 Å². The summed E-state index contributed by atoms with van der Waals surface area (Å²) in [6.07, 6.45) is 1.83. The number of sulfonamides is 1. The van der Waals surface area contributed by atoms with Crippen LogP contribution in [0.5, 0.6) is 5.75 Å². The van der Waals surface area contributed by atoms with Crippen LogP contribution in [0.1, 0.15) is 18.4 Å². The third-order valence-corrected chi connectivity index (χ3v) is 4.36. The van der Waals surface area contributed by atoms with Gasteiger partial charge in [-0.1, -0.05) is 6.07 Å². The Morgan fingerprint density at radius 3 is 2.67 bits per heavy atom. The molecule has 0 spiro atoms. The minimum absolute atomic E-state index is 0.0942. The van der Waals surface area contributed by atoms with Gasteiger partial charge in [0.1, 0.15) is 10.6 Å². The number of rotatable bonds is 6. The van der Waals surface area contributed by atoms with E-state index in [-0.39, 0.29) is 10.9 Å². The van der Waals surface area contributed by atoms with Crippen molar-refractivity contribution in [1.29, 1.82) is 0 Å². The molecule has 0 aromatic heterocycles. The zero-order valence-corrected chi connectivity index (χ0v) is 11.4. The van der Waals surface area contributed by atoms with Crippen LogP contribution in [0, 0.1) is 0 Å². The minimum atomic E-state index is -3.47. The van der Waals surface area contributed by atoms with E-state index >= 15 is 0 Å². The van der Waals surface area contributed by atoms with Crippen LogP contribution in [0.4, 0.5) is 0 Å². The van der Waals surface area contributed by atoms with E-state index in [1.54, 1.807) is 18.2 Å². The monoisotopic (exact) mass is 270 g/mol. The van der Waals surface area contributed by atoms with Crippen molar-refractivity contribution in [2.75, 3.05) is 14.2 Å². The maximum atomic E-state index is 12.1. The number of benzene rings is 1. The fraction of sp³-hybridized carbons (Fsp3) is 0.500. The van der Waals surface area contributed by atoms with Crippen LogP contribution in [0.25, 0.3) is 0 Å². The Balaban J connectivity index is 2.31. The minimum Gasteiger partial charge on any atom is -0.495 e. The molecule has 1 aliphatic carbocycles. The van der Waals surface area contributed by atoms with Crippen LogP contribution in [0.15, 0.2) is 23.1 Å². The van der Waals surface area contributed by atoms with Crippen molar-refractivity contribution < 1.29 is 13.2 Å². The Morgan fingerprint density at radius 1 is 1.39 bits per heavy atom. The predicted molar refractivity (Wildman–Crippen MR) is 69.1 cm³/mol. The average molecular weight is 270 g/mol. The molecule has 0 atom stereocenters. The highest BCUT2D eigenvalue weighted by atomic mass is 32.2. The second kappa shape index (κ2) is 5.26. The molecule has 2 rings (SSSR count). The molecule has 0 amide bonds. The molecule has 5 nitrogen and oxygen atoms in total. The SMILES string of the molecule is CNCc1ccc(S(=O)(=O)NC2CC2)c(OC)c1.